The van der Waals surface area contributed by atoms with E-state index < -0.39 is 5.82 Å². The van der Waals surface area contributed by atoms with Crippen LogP contribution in [-0.2, 0) is 12.8 Å². The summed E-state index contributed by atoms with van der Waals surface area (Å²) in [7, 11) is 0. The fourth-order valence-electron chi connectivity index (χ4n) is 2.23. The third-order valence-electron chi connectivity index (χ3n) is 3.32. The molecule has 0 radical (unpaired) electrons. The predicted molar refractivity (Wildman–Crippen MR) is 78.8 cm³/mol. The first-order valence-electron chi connectivity index (χ1n) is 6.48. The summed E-state index contributed by atoms with van der Waals surface area (Å²) in [4.78, 5) is 4.13. The molecule has 0 fully saturated rings. The molecule has 3 N–H and O–H groups in total. The molecular weight excluding hydrogens is 277 g/mol. The zero-order valence-electron chi connectivity index (χ0n) is 11.2. The first-order valence-corrected chi connectivity index (χ1v) is 6.86. The van der Waals surface area contributed by atoms with Crippen molar-refractivity contribution < 1.29 is 4.39 Å². The molecule has 0 aliphatic rings. The molecule has 106 valence electrons. The Balaban J connectivity index is 2.26. The van der Waals surface area contributed by atoms with Crippen molar-refractivity contribution in [2.75, 3.05) is 0 Å². The quantitative estimate of drug-likeness (QED) is 0.657. The highest BCUT2D eigenvalue weighted by molar-refractivity contribution is 6.30. The number of nitrogens with one attached hydrogen (secondary N) is 1. The van der Waals surface area contributed by atoms with Crippen LogP contribution in [0.5, 0.6) is 0 Å². The SMILES string of the molecule is CCc1cnccc1C(Cc1ccc(F)c(Cl)c1)NN. The second-order valence-corrected chi connectivity index (χ2v) is 5.01. The smallest absolute Gasteiger partial charge is 0.141 e. The molecule has 3 nitrogen and oxygen atoms in total. The number of benzene rings is 1. The number of aromatic nitrogens is 1. The highest BCUT2D eigenvalue weighted by atomic mass is 35.5. The van der Waals surface area contributed by atoms with Gasteiger partial charge in [-0.25, -0.2) is 4.39 Å². The minimum Gasteiger partial charge on any atom is -0.271 e. The van der Waals surface area contributed by atoms with E-state index in [4.69, 9.17) is 17.4 Å². The molecule has 0 aliphatic heterocycles. The van der Waals surface area contributed by atoms with E-state index in [-0.39, 0.29) is 11.1 Å². The molecular formula is C15H17ClFN3. The summed E-state index contributed by atoms with van der Waals surface area (Å²) in [5.41, 5.74) is 5.98. The Labute approximate surface area is 122 Å². The predicted octanol–water partition coefficient (Wildman–Crippen LogP) is 3.18. The summed E-state index contributed by atoms with van der Waals surface area (Å²) >= 11 is 5.81. The Morgan fingerprint density at radius 1 is 1.40 bits per heavy atom. The fourth-order valence-corrected chi connectivity index (χ4v) is 2.44. The maximum atomic E-state index is 13.2. The Bertz CT molecular complexity index is 589. The van der Waals surface area contributed by atoms with E-state index in [1.165, 1.54) is 6.07 Å². The van der Waals surface area contributed by atoms with E-state index in [0.717, 1.165) is 23.1 Å². The fraction of sp³-hybridized carbons (Fsp3) is 0.267. The van der Waals surface area contributed by atoms with Crippen molar-refractivity contribution in [2.45, 2.75) is 25.8 Å². The van der Waals surface area contributed by atoms with Gasteiger partial charge in [-0.05, 0) is 47.7 Å². The number of rotatable bonds is 5. The van der Waals surface area contributed by atoms with Gasteiger partial charge in [0.15, 0.2) is 0 Å². The van der Waals surface area contributed by atoms with Crippen LogP contribution in [0.3, 0.4) is 0 Å². The summed E-state index contributed by atoms with van der Waals surface area (Å²) in [5, 5.41) is 0.128. The molecule has 0 saturated carbocycles. The molecule has 1 atom stereocenters. The van der Waals surface area contributed by atoms with Gasteiger partial charge >= 0.3 is 0 Å². The topological polar surface area (TPSA) is 50.9 Å². The maximum absolute atomic E-state index is 13.2. The van der Waals surface area contributed by atoms with E-state index in [1.54, 1.807) is 18.3 Å². The minimum atomic E-state index is -0.411. The van der Waals surface area contributed by atoms with E-state index >= 15 is 0 Å². The molecule has 1 heterocycles. The third-order valence-corrected chi connectivity index (χ3v) is 3.61. The number of aryl methyl sites for hydroxylation is 1. The molecule has 2 rings (SSSR count). The second kappa shape index (κ2) is 6.79. The van der Waals surface area contributed by atoms with Crippen LogP contribution in [0.4, 0.5) is 4.39 Å². The van der Waals surface area contributed by atoms with Gasteiger partial charge in [-0.2, -0.15) is 0 Å². The van der Waals surface area contributed by atoms with Gasteiger partial charge in [0.25, 0.3) is 0 Å². The zero-order chi connectivity index (χ0) is 14.5. The van der Waals surface area contributed by atoms with Crippen LogP contribution in [0.1, 0.15) is 29.7 Å². The van der Waals surface area contributed by atoms with Gasteiger partial charge in [-0.3, -0.25) is 16.3 Å². The number of pyridine rings is 1. The summed E-state index contributed by atoms with van der Waals surface area (Å²) in [5.74, 6) is 5.26. The van der Waals surface area contributed by atoms with E-state index in [9.17, 15) is 4.39 Å². The number of halogens is 2. The van der Waals surface area contributed by atoms with Gasteiger partial charge in [0, 0.05) is 12.4 Å². The van der Waals surface area contributed by atoms with Gasteiger partial charge in [0.2, 0.25) is 0 Å². The Kier molecular flexibility index (Phi) is 5.06. The first kappa shape index (κ1) is 14.9. The Hall–Kier alpha value is -1.49. The molecule has 0 bridgehead atoms. The van der Waals surface area contributed by atoms with Crippen LogP contribution in [0.15, 0.2) is 36.7 Å². The van der Waals surface area contributed by atoms with Crippen LogP contribution in [0.2, 0.25) is 5.02 Å². The van der Waals surface area contributed by atoms with Gasteiger partial charge in [-0.15, -0.1) is 0 Å². The number of nitrogens with zero attached hydrogens (tertiary/aromatic N) is 1. The van der Waals surface area contributed by atoms with Crippen LogP contribution < -0.4 is 11.3 Å². The van der Waals surface area contributed by atoms with Crippen molar-refractivity contribution in [3.05, 3.63) is 64.2 Å². The third kappa shape index (κ3) is 3.33. The molecule has 1 aromatic carbocycles. The maximum Gasteiger partial charge on any atom is 0.141 e. The van der Waals surface area contributed by atoms with Gasteiger partial charge in [0.05, 0.1) is 11.1 Å². The van der Waals surface area contributed by atoms with Crippen LogP contribution in [0, 0.1) is 5.82 Å². The zero-order valence-corrected chi connectivity index (χ0v) is 12.0. The highest BCUT2D eigenvalue weighted by Crippen LogP contribution is 2.23. The molecule has 0 amide bonds. The molecule has 5 heteroatoms. The molecule has 0 saturated heterocycles. The standard InChI is InChI=1S/C15H17ClFN3/c1-2-11-9-19-6-5-12(11)15(20-18)8-10-3-4-14(17)13(16)7-10/h3-7,9,15,20H,2,8,18H2,1H3. The molecule has 1 unspecified atom stereocenters. The first-order chi connectivity index (χ1) is 9.65. The lowest BCUT2D eigenvalue weighted by molar-refractivity contribution is 0.546. The summed E-state index contributed by atoms with van der Waals surface area (Å²) in [6.07, 6.45) is 5.10. The lowest BCUT2D eigenvalue weighted by Crippen LogP contribution is -2.30. The van der Waals surface area contributed by atoms with E-state index in [0.29, 0.717) is 6.42 Å². The normalized spacial score (nSPS) is 12.4. The van der Waals surface area contributed by atoms with Gasteiger partial charge < -0.3 is 0 Å². The van der Waals surface area contributed by atoms with Crippen LogP contribution in [-0.4, -0.2) is 4.98 Å². The van der Waals surface area contributed by atoms with Crippen molar-refractivity contribution in [2.24, 2.45) is 5.84 Å². The largest absolute Gasteiger partial charge is 0.271 e. The van der Waals surface area contributed by atoms with Crippen molar-refractivity contribution in [1.82, 2.24) is 10.4 Å². The molecule has 0 spiro atoms. The second-order valence-electron chi connectivity index (χ2n) is 4.60. The molecule has 1 aromatic heterocycles. The number of nitrogens with two attached hydrogens (primary N) is 1. The Morgan fingerprint density at radius 2 is 2.20 bits per heavy atom. The van der Waals surface area contributed by atoms with E-state index in [2.05, 4.69) is 17.3 Å². The summed E-state index contributed by atoms with van der Waals surface area (Å²) in [6.45, 7) is 2.07. The molecule has 0 aliphatic carbocycles. The van der Waals surface area contributed by atoms with E-state index in [1.807, 2.05) is 12.3 Å². The van der Waals surface area contributed by atoms with Gasteiger partial charge in [-0.1, -0.05) is 24.6 Å². The lowest BCUT2D eigenvalue weighted by atomic mass is 9.95. The average Bonchev–Trinajstić information content (AvgIpc) is 2.48. The molecule has 20 heavy (non-hydrogen) atoms. The number of hydrazine groups is 1. The van der Waals surface area contributed by atoms with Crippen LogP contribution >= 0.6 is 11.6 Å². The van der Waals surface area contributed by atoms with Gasteiger partial charge in [0.1, 0.15) is 5.82 Å². The monoisotopic (exact) mass is 293 g/mol. The summed E-state index contributed by atoms with van der Waals surface area (Å²) in [6, 6.07) is 6.62. The van der Waals surface area contributed by atoms with Crippen molar-refractivity contribution >= 4 is 11.6 Å². The minimum absolute atomic E-state index is 0.0607. The lowest BCUT2D eigenvalue weighted by Gasteiger charge is -2.19. The summed E-state index contributed by atoms with van der Waals surface area (Å²) < 4.78 is 13.2. The molecule has 2 aromatic rings. The number of hydrogen-bond donors (Lipinski definition) is 2. The average molecular weight is 294 g/mol. The highest BCUT2D eigenvalue weighted by Gasteiger charge is 2.14. The van der Waals surface area contributed by atoms with Crippen molar-refractivity contribution in [1.29, 1.82) is 0 Å². The van der Waals surface area contributed by atoms with Crippen molar-refractivity contribution in [3.8, 4) is 0 Å². The van der Waals surface area contributed by atoms with Crippen molar-refractivity contribution in [3.63, 3.8) is 0 Å². The Morgan fingerprint density at radius 3 is 2.85 bits per heavy atom. The number of hydrogen-bond acceptors (Lipinski definition) is 3. The van der Waals surface area contributed by atoms with Crippen LogP contribution in [0.25, 0.3) is 0 Å².